The lowest BCUT2D eigenvalue weighted by Crippen LogP contribution is -2.41. The first-order valence-electron chi connectivity index (χ1n) is 6.47. The number of hydrogen-bond donors (Lipinski definition) is 1. The highest BCUT2D eigenvalue weighted by Gasteiger charge is 2.22. The van der Waals surface area contributed by atoms with Crippen molar-refractivity contribution >= 4 is 17.8 Å². The van der Waals surface area contributed by atoms with Gasteiger partial charge in [0, 0.05) is 12.0 Å². The van der Waals surface area contributed by atoms with E-state index in [2.05, 4.69) is 14.8 Å². The van der Waals surface area contributed by atoms with E-state index in [-0.39, 0.29) is 24.0 Å². The Morgan fingerprint density at radius 2 is 1.91 bits per heavy atom. The van der Waals surface area contributed by atoms with Crippen LogP contribution in [-0.4, -0.2) is 38.1 Å². The summed E-state index contributed by atoms with van der Waals surface area (Å²) >= 11 is 0. The van der Waals surface area contributed by atoms with E-state index in [4.69, 9.17) is 5.26 Å². The molecule has 7 nitrogen and oxygen atoms in total. The summed E-state index contributed by atoms with van der Waals surface area (Å²) in [6.07, 6.45) is 0.244. The van der Waals surface area contributed by atoms with Gasteiger partial charge in [0.05, 0.1) is 25.9 Å². The molecule has 116 valence electrons. The number of nitriles is 1. The van der Waals surface area contributed by atoms with Gasteiger partial charge >= 0.3 is 11.9 Å². The fourth-order valence-electron chi connectivity index (χ4n) is 1.75. The fourth-order valence-corrected chi connectivity index (χ4v) is 1.75. The maximum atomic E-state index is 12.1. The number of nitrogens with zero attached hydrogens (tertiary/aromatic N) is 1. The third kappa shape index (κ3) is 4.59. The van der Waals surface area contributed by atoms with Gasteiger partial charge in [-0.25, -0.2) is 9.59 Å². The van der Waals surface area contributed by atoms with Crippen LogP contribution in [0.25, 0.3) is 0 Å². The molecular formula is C15H16N2O5. The molecule has 1 amide bonds. The van der Waals surface area contributed by atoms with Crippen molar-refractivity contribution in [3.05, 3.63) is 35.4 Å². The zero-order chi connectivity index (χ0) is 16.5. The van der Waals surface area contributed by atoms with Crippen LogP contribution in [0.4, 0.5) is 0 Å². The normalized spacial score (nSPS) is 11.0. The van der Waals surface area contributed by atoms with E-state index >= 15 is 0 Å². The Morgan fingerprint density at radius 1 is 1.23 bits per heavy atom. The van der Waals surface area contributed by atoms with Gasteiger partial charge in [0.2, 0.25) is 0 Å². The van der Waals surface area contributed by atoms with Crippen LogP contribution in [0, 0.1) is 11.3 Å². The van der Waals surface area contributed by atoms with Gasteiger partial charge in [-0.2, -0.15) is 5.26 Å². The lowest BCUT2D eigenvalue weighted by molar-refractivity contribution is -0.143. The number of carbonyl (C=O) groups is 3. The summed E-state index contributed by atoms with van der Waals surface area (Å²) in [4.78, 5) is 35.2. The summed E-state index contributed by atoms with van der Waals surface area (Å²) in [5, 5.41) is 11.1. The molecule has 1 aromatic carbocycles. The Morgan fingerprint density at radius 3 is 2.50 bits per heavy atom. The first kappa shape index (κ1) is 17.2. The molecule has 0 aliphatic carbocycles. The standard InChI is InChI=1S/C15H16N2O5/c1-21-14(19)11-6-3-5-10(9-11)13(18)17-12(7-4-8-16)15(20)22-2/h3,5-6,9,12H,4,7H2,1-2H3,(H,17,18)/t12-/m0/s1. The van der Waals surface area contributed by atoms with E-state index in [1.807, 2.05) is 6.07 Å². The van der Waals surface area contributed by atoms with Crippen molar-refractivity contribution < 1.29 is 23.9 Å². The van der Waals surface area contributed by atoms with Crippen molar-refractivity contribution in [2.75, 3.05) is 14.2 Å². The molecule has 0 spiro atoms. The molecule has 0 unspecified atom stereocenters. The zero-order valence-electron chi connectivity index (χ0n) is 12.3. The summed E-state index contributed by atoms with van der Waals surface area (Å²) < 4.78 is 9.17. The number of rotatable bonds is 6. The number of esters is 2. The Hall–Kier alpha value is -2.88. The molecule has 0 heterocycles. The molecule has 0 aliphatic heterocycles. The van der Waals surface area contributed by atoms with E-state index in [1.165, 1.54) is 38.5 Å². The maximum absolute atomic E-state index is 12.1. The molecule has 7 heteroatoms. The average Bonchev–Trinajstić information content (AvgIpc) is 2.56. The molecule has 1 rings (SSSR count). The van der Waals surface area contributed by atoms with Crippen LogP contribution in [0.2, 0.25) is 0 Å². The highest BCUT2D eigenvalue weighted by atomic mass is 16.5. The van der Waals surface area contributed by atoms with Crippen LogP contribution >= 0.6 is 0 Å². The lowest BCUT2D eigenvalue weighted by atomic mass is 10.1. The number of ether oxygens (including phenoxy) is 2. The second-order valence-corrected chi connectivity index (χ2v) is 4.32. The summed E-state index contributed by atoms with van der Waals surface area (Å²) in [6, 6.07) is 6.89. The van der Waals surface area contributed by atoms with Gasteiger partial charge < -0.3 is 14.8 Å². The minimum atomic E-state index is -0.918. The van der Waals surface area contributed by atoms with Crippen molar-refractivity contribution in [3.63, 3.8) is 0 Å². The van der Waals surface area contributed by atoms with Gasteiger partial charge in [0.15, 0.2) is 0 Å². The van der Waals surface area contributed by atoms with Gasteiger partial charge in [0.1, 0.15) is 6.04 Å². The number of nitrogens with one attached hydrogen (secondary N) is 1. The van der Waals surface area contributed by atoms with Crippen molar-refractivity contribution in [1.29, 1.82) is 5.26 Å². The predicted molar refractivity (Wildman–Crippen MR) is 75.9 cm³/mol. The molecule has 1 atom stereocenters. The first-order chi connectivity index (χ1) is 10.5. The number of amides is 1. The van der Waals surface area contributed by atoms with E-state index in [9.17, 15) is 14.4 Å². The van der Waals surface area contributed by atoms with Crippen LogP contribution in [-0.2, 0) is 14.3 Å². The molecule has 0 aromatic heterocycles. The molecule has 1 N–H and O–H groups in total. The predicted octanol–water partition coefficient (Wildman–Crippen LogP) is 1.05. The smallest absolute Gasteiger partial charge is 0.337 e. The molecule has 0 bridgehead atoms. The van der Waals surface area contributed by atoms with Gasteiger partial charge in [-0.15, -0.1) is 0 Å². The Kier molecular flexibility index (Phi) is 6.57. The molecule has 1 aromatic rings. The number of carbonyl (C=O) groups excluding carboxylic acids is 3. The molecule has 0 saturated carbocycles. The summed E-state index contributed by atoms with van der Waals surface area (Å²) in [6.45, 7) is 0. The monoisotopic (exact) mass is 304 g/mol. The highest BCUT2D eigenvalue weighted by Crippen LogP contribution is 2.08. The minimum Gasteiger partial charge on any atom is -0.467 e. The molecule has 22 heavy (non-hydrogen) atoms. The van der Waals surface area contributed by atoms with Crippen molar-refractivity contribution in [2.45, 2.75) is 18.9 Å². The third-order valence-electron chi connectivity index (χ3n) is 2.88. The van der Waals surface area contributed by atoms with Crippen LogP contribution in [0.5, 0.6) is 0 Å². The number of methoxy groups -OCH3 is 2. The second kappa shape index (κ2) is 8.42. The number of hydrogen-bond acceptors (Lipinski definition) is 6. The van der Waals surface area contributed by atoms with E-state index in [0.717, 1.165) is 0 Å². The van der Waals surface area contributed by atoms with Crippen LogP contribution in [0.1, 0.15) is 33.6 Å². The third-order valence-corrected chi connectivity index (χ3v) is 2.88. The SMILES string of the molecule is COC(=O)c1cccc(C(=O)N[C@@H](CCC#N)C(=O)OC)c1. The maximum Gasteiger partial charge on any atom is 0.337 e. The van der Waals surface area contributed by atoms with Crippen LogP contribution < -0.4 is 5.32 Å². The quantitative estimate of drug-likeness (QED) is 0.787. The molecular weight excluding hydrogens is 288 g/mol. The van der Waals surface area contributed by atoms with Gasteiger partial charge in [0.25, 0.3) is 5.91 Å². The molecule has 0 radical (unpaired) electrons. The van der Waals surface area contributed by atoms with E-state index in [1.54, 1.807) is 0 Å². The summed E-state index contributed by atoms with van der Waals surface area (Å²) in [5.74, 6) is -1.74. The van der Waals surface area contributed by atoms with Crippen LogP contribution in [0.15, 0.2) is 24.3 Å². The van der Waals surface area contributed by atoms with Crippen molar-refractivity contribution in [1.82, 2.24) is 5.32 Å². The van der Waals surface area contributed by atoms with Crippen molar-refractivity contribution in [3.8, 4) is 6.07 Å². The largest absolute Gasteiger partial charge is 0.467 e. The molecule has 0 fully saturated rings. The second-order valence-electron chi connectivity index (χ2n) is 4.32. The Bertz CT molecular complexity index is 606. The first-order valence-corrected chi connectivity index (χ1v) is 6.47. The van der Waals surface area contributed by atoms with Crippen LogP contribution in [0.3, 0.4) is 0 Å². The topological polar surface area (TPSA) is 105 Å². The minimum absolute atomic E-state index is 0.0995. The Labute approximate surface area is 127 Å². The highest BCUT2D eigenvalue weighted by molar-refractivity contribution is 5.99. The molecule has 0 saturated heterocycles. The average molecular weight is 304 g/mol. The lowest BCUT2D eigenvalue weighted by Gasteiger charge is -2.15. The fraction of sp³-hybridized carbons (Fsp3) is 0.333. The van der Waals surface area contributed by atoms with E-state index < -0.39 is 23.9 Å². The van der Waals surface area contributed by atoms with Crippen molar-refractivity contribution in [2.24, 2.45) is 0 Å². The number of benzene rings is 1. The van der Waals surface area contributed by atoms with E-state index in [0.29, 0.717) is 0 Å². The Balaban J connectivity index is 2.88. The summed E-state index contributed by atoms with van der Waals surface area (Å²) in [5.41, 5.74) is 0.426. The van der Waals surface area contributed by atoms with Gasteiger partial charge in [-0.1, -0.05) is 6.07 Å². The zero-order valence-corrected chi connectivity index (χ0v) is 12.3. The summed E-state index contributed by atoms with van der Waals surface area (Å²) in [7, 11) is 2.44. The molecule has 0 aliphatic rings. The van der Waals surface area contributed by atoms with Gasteiger partial charge in [-0.05, 0) is 24.6 Å². The van der Waals surface area contributed by atoms with Gasteiger partial charge in [-0.3, -0.25) is 4.79 Å².